The molecule has 4 heterocycles. The molecule has 320 valence electrons. The van der Waals surface area contributed by atoms with Gasteiger partial charge in [-0.15, -0.1) is 0 Å². The van der Waals surface area contributed by atoms with E-state index in [-0.39, 0.29) is 40.6 Å². The molecule has 15 heteroatoms. The number of fused-ring (bicyclic) bond motifs is 4. The number of unbranched alkanes of at least 4 members (excludes halogenated alkanes) is 1. The van der Waals surface area contributed by atoms with Gasteiger partial charge in [-0.2, -0.15) is 0 Å². The van der Waals surface area contributed by atoms with Gasteiger partial charge in [0.15, 0.2) is 0 Å². The molecule has 4 aromatic carbocycles. The van der Waals surface area contributed by atoms with Gasteiger partial charge in [-0.25, -0.2) is 4.39 Å². The highest BCUT2D eigenvalue weighted by Gasteiger charge is 2.72. The third-order valence-electron chi connectivity index (χ3n) is 13.6. The van der Waals surface area contributed by atoms with Crippen molar-refractivity contribution in [2.24, 2.45) is 0 Å². The van der Waals surface area contributed by atoms with Crippen molar-refractivity contribution in [1.29, 1.82) is 0 Å². The van der Waals surface area contributed by atoms with Gasteiger partial charge in [-0.05, 0) is 109 Å². The molecule has 1 unspecified atom stereocenters. The number of nitrogens with zero attached hydrogens (tertiary/aromatic N) is 1. The zero-order chi connectivity index (χ0) is 43.3. The van der Waals surface area contributed by atoms with Crippen LogP contribution in [-0.2, 0) is 37.6 Å². The molecular formula is C47H45Cl2FN6O6. The molecule has 4 atom stereocenters. The molecule has 9 rings (SSSR count). The SMILES string of the molecule is O=C1CCC(N2Cc3c(CCCCNC(=O)c4ccc(NC(=O)[C@@H]5NC6(CCCCC6)[C@@]6(C(=O)Nc7cc(Cl)ccc76)[C@H]5c5cccc(Cl)c5F)cc4)cccc3C2=O)C(=O)N1. The summed E-state index contributed by atoms with van der Waals surface area (Å²) in [4.78, 5) is 81.2. The number of anilines is 2. The van der Waals surface area contributed by atoms with Crippen molar-refractivity contribution in [3.05, 3.63) is 128 Å². The second-order valence-electron chi connectivity index (χ2n) is 17.0. The fourth-order valence-corrected chi connectivity index (χ4v) is 11.1. The van der Waals surface area contributed by atoms with Crippen LogP contribution in [0.4, 0.5) is 15.8 Å². The minimum absolute atomic E-state index is 0.109. The molecule has 0 radical (unpaired) electrons. The lowest BCUT2D eigenvalue weighted by atomic mass is 9.55. The number of rotatable bonds is 10. The first-order valence-corrected chi connectivity index (χ1v) is 21.9. The van der Waals surface area contributed by atoms with E-state index in [1.165, 1.54) is 6.07 Å². The largest absolute Gasteiger partial charge is 0.352 e. The summed E-state index contributed by atoms with van der Waals surface area (Å²) in [6, 6.07) is 20.3. The molecule has 1 saturated carbocycles. The lowest BCUT2D eigenvalue weighted by Crippen LogP contribution is -2.60. The first-order chi connectivity index (χ1) is 29.9. The molecular weight excluding hydrogens is 834 g/mol. The Morgan fingerprint density at radius 2 is 1.66 bits per heavy atom. The van der Waals surface area contributed by atoms with Crippen LogP contribution in [0.25, 0.3) is 0 Å². The number of halogens is 3. The number of imide groups is 1. The number of carbonyl (C=O) groups is 6. The highest BCUT2D eigenvalue weighted by molar-refractivity contribution is 6.31. The Bertz CT molecular complexity index is 2530. The number of benzene rings is 4. The van der Waals surface area contributed by atoms with Gasteiger partial charge in [0, 0.05) is 58.5 Å². The van der Waals surface area contributed by atoms with Crippen molar-refractivity contribution >= 4 is 70.0 Å². The highest BCUT2D eigenvalue weighted by Crippen LogP contribution is 2.63. The Hall–Kier alpha value is -5.63. The molecule has 5 aliphatic rings. The Kier molecular flexibility index (Phi) is 11.2. The van der Waals surface area contributed by atoms with E-state index >= 15 is 4.39 Å². The molecule has 62 heavy (non-hydrogen) atoms. The first kappa shape index (κ1) is 41.7. The predicted octanol–water partition coefficient (Wildman–Crippen LogP) is 6.93. The van der Waals surface area contributed by atoms with Gasteiger partial charge in [0.25, 0.3) is 11.8 Å². The molecule has 2 spiro atoms. The number of amides is 6. The van der Waals surface area contributed by atoms with E-state index in [4.69, 9.17) is 23.2 Å². The third-order valence-corrected chi connectivity index (χ3v) is 14.1. The number of carbonyl (C=O) groups excluding carboxylic acids is 6. The van der Waals surface area contributed by atoms with Gasteiger partial charge in [0.1, 0.15) is 17.3 Å². The van der Waals surface area contributed by atoms with Gasteiger partial charge in [-0.1, -0.05) is 72.8 Å². The first-order valence-electron chi connectivity index (χ1n) is 21.2. The Labute approximate surface area is 367 Å². The average Bonchev–Trinajstić information content (AvgIpc) is 3.85. The second-order valence-corrected chi connectivity index (χ2v) is 17.8. The minimum atomic E-state index is -1.36. The van der Waals surface area contributed by atoms with Gasteiger partial charge < -0.3 is 20.9 Å². The van der Waals surface area contributed by atoms with E-state index in [1.807, 2.05) is 18.2 Å². The summed E-state index contributed by atoms with van der Waals surface area (Å²) in [7, 11) is 0. The van der Waals surface area contributed by atoms with Gasteiger partial charge >= 0.3 is 0 Å². The fraction of sp³-hybridized carbons (Fsp3) is 0.362. The van der Waals surface area contributed by atoms with Crippen LogP contribution in [-0.4, -0.2) is 64.5 Å². The maximum absolute atomic E-state index is 16.2. The van der Waals surface area contributed by atoms with Crippen LogP contribution < -0.4 is 26.6 Å². The van der Waals surface area contributed by atoms with Crippen molar-refractivity contribution in [2.75, 3.05) is 17.2 Å². The lowest BCUT2D eigenvalue weighted by molar-refractivity contribution is -0.137. The standard InChI is InChI=1S/C47H45Cl2FN6O6/c48-28-15-18-33-35(24-28)53-45(62)47(33)38(31-11-7-12-34(49)39(31)50)40(55-46(47)21-3-1-4-22-46)43(60)52-29-16-13-27(14-17-29)41(58)51-23-5-2-8-26-9-6-10-30-32(26)25-56(44(30)61)36-19-20-37(57)54-42(36)59/h6-7,9-18,24,36,38,40,55H,1-5,8,19-23,25H2,(H,51,58)(H,52,60)(H,53,62)(H,54,57,59)/t36?,38-,40+,47+/m0/s1. The van der Waals surface area contributed by atoms with Crippen molar-refractivity contribution in [3.63, 3.8) is 0 Å². The van der Waals surface area contributed by atoms with E-state index in [0.29, 0.717) is 78.3 Å². The molecule has 5 N–H and O–H groups in total. The molecule has 6 amide bonds. The van der Waals surface area contributed by atoms with Gasteiger partial charge in [0.2, 0.25) is 23.6 Å². The third kappa shape index (κ3) is 7.03. The normalized spacial score (nSPS) is 23.6. The van der Waals surface area contributed by atoms with Crippen LogP contribution in [0, 0.1) is 5.82 Å². The summed E-state index contributed by atoms with van der Waals surface area (Å²) in [6.45, 7) is 0.722. The maximum Gasteiger partial charge on any atom is 0.255 e. The van der Waals surface area contributed by atoms with Gasteiger partial charge in [-0.3, -0.25) is 39.4 Å². The Morgan fingerprint density at radius 1 is 0.887 bits per heavy atom. The molecule has 3 fully saturated rings. The lowest BCUT2D eigenvalue weighted by Gasteiger charge is -2.47. The van der Waals surface area contributed by atoms with E-state index < -0.39 is 46.6 Å². The minimum Gasteiger partial charge on any atom is -0.352 e. The molecule has 4 aliphatic heterocycles. The van der Waals surface area contributed by atoms with Crippen molar-refractivity contribution in [1.82, 2.24) is 20.9 Å². The zero-order valence-corrected chi connectivity index (χ0v) is 35.3. The number of nitrogens with one attached hydrogen (secondary N) is 5. The van der Waals surface area contributed by atoms with Crippen LogP contribution in [0.5, 0.6) is 0 Å². The van der Waals surface area contributed by atoms with Crippen LogP contribution in [0.2, 0.25) is 10.0 Å². The van der Waals surface area contributed by atoms with E-state index in [9.17, 15) is 28.8 Å². The molecule has 12 nitrogen and oxygen atoms in total. The molecule has 2 saturated heterocycles. The van der Waals surface area contributed by atoms with E-state index in [2.05, 4.69) is 26.6 Å². The van der Waals surface area contributed by atoms with E-state index in [1.54, 1.807) is 59.5 Å². The predicted molar refractivity (Wildman–Crippen MR) is 231 cm³/mol. The molecule has 0 bridgehead atoms. The molecule has 1 aliphatic carbocycles. The fourth-order valence-electron chi connectivity index (χ4n) is 10.8. The summed E-state index contributed by atoms with van der Waals surface area (Å²) in [5, 5.41) is 15.3. The summed E-state index contributed by atoms with van der Waals surface area (Å²) in [5.41, 5.74) is 2.42. The summed E-state index contributed by atoms with van der Waals surface area (Å²) in [6.07, 6.45) is 6.38. The Morgan fingerprint density at radius 3 is 2.44 bits per heavy atom. The maximum atomic E-state index is 16.2. The molecule has 4 aromatic rings. The number of piperidine rings is 1. The number of hydrogen-bond acceptors (Lipinski definition) is 7. The van der Waals surface area contributed by atoms with Crippen molar-refractivity contribution in [3.8, 4) is 0 Å². The van der Waals surface area contributed by atoms with Crippen LogP contribution >= 0.6 is 23.2 Å². The highest BCUT2D eigenvalue weighted by atomic mass is 35.5. The average molecular weight is 880 g/mol. The quantitative estimate of drug-likeness (QED) is 0.0852. The molecule has 0 aromatic heterocycles. The van der Waals surface area contributed by atoms with Crippen molar-refractivity contribution in [2.45, 2.75) is 99.7 Å². The topological polar surface area (TPSA) is 166 Å². The van der Waals surface area contributed by atoms with E-state index in [0.717, 1.165) is 36.8 Å². The van der Waals surface area contributed by atoms with Crippen molar-refractivity contribution < 1.29 is 33.2 Å². The summed E-state index contributed by atoms with van der Waals surface area (Å²) < 4.78 is 16.2. The van der Waals surface area contributed by atoms with Crippen LogP contribution in [0.3, 0.4) is 0 Å². The van der Waals surface area contributed by atoms with Crippen LogP contribution in [0.1, 0.15) is 107 Å². The zero-order valence-electron chi connectivity index (χ0n) is 33.8. The number of aryl methyl sites for hydroxylation is 1. The summed E-state index contributed by atoms with van der Waals surface area (Å²) in [5.74, 6) is -3.71. The Balaban J connectivity index is 0.862. The van der Waals surface area contributed by atoms with Gasteiger partial charge in [0.05, 0.1) is 11.1 Å². The number of hydrogen-bond donors (Lipinski definition) is 5. The van der Waals surface area contributed by atoms with Crippen LogP contribution in [0.15, 0.2) is 78.9 Å². The second kappa shape index (κ2) is 16.6. The summed E-state index contributed by atoms with van der Waals surface area (Å²) >= 11 is 12.8. The smallest absolute Gasteiger partial charge is 0.255 e. The monoisotopic (exact) mass is 878 g/mol.